The van der Waals surface area contributed by atoms with E-state index in [2.05, 4.69) is 39.4 Å². The molecule has 1 saturated heterocycles. The van der Waals surface area contributed by atoms with Gasteiger partial charge in [0.25, 0.3) is 0 Å². The predicted octanol–water partition coefficient (Wildman–Crippen LogP) is 3.58. The molecule has 1 aliphatic heterocycles. The Morgan fingerprint density at radius 1 is 1.23 bits per heavy atom. The first-order chi connectivity index (χ1) is 12.7. The Kier molecular flexibility index (Phi) is 6.77. The minimum atomic E-state index is -0.0321. The lowest BCUT2D eigenvalue weighted by molar-refractivity contribution is -0.116. The lowest BCUT2D eigenvalue weighted by Gasteiger charge is -2.26. The maximum Gasteiger partial charge on any atom is 0.227 e. The summed E-state index contributed by atoms with van der Waals surface area (Å²) < 4.78 is 5.17. The van der Waals surface area contributed by atoms with E-state index in [1.807, 2.05) is 12.1 Å². The molecule has 2 heterocycles. The van der Waals surface area contributed by atoms with Gasteiger partial charge in [-0.05, 0) is 50.0 Å². The van der Waals surface area contributed by atoms with Crippen LogP contribution < -0.4 is 5.32 Å². The first-order valence-electron chi connectivity index (χ1n) is 9.65. The summed E-state index contributed by atoms with van der Waals surface area (Å²) in [5, 5.41) is 6.89. The summed E-state index contributed by atoms with van der Waals surface area (Å²) in [5.41, 5.74) is 2.09. The summed E-state index contributed by atoms with van der Waals surface area (Å²) in [7, 11) is 0. The van der Waals surface area contributed by atoms with Crippen molar-refractivity contribution in [2.24, 2.45) is 0 Å². The van der Waals surface area contributed by atoms with Gasteiger partial charge >= 0.3 is 0 Å². The van der Waals surface area contributed by atoms with Crippen LogP contribution in [0.3, 0.4) is 0 Å². The van der Waals surface area contributed by atoms with Gasteiger partial charge in [0.1, 0.15) is 0 Å². The van der Waals surface area contributed by atoms with Crippen molar-refractivity contribution in [1.29, 1.82) is 0 Å². The van der Waals surface area contributed by atoms with E-state index >= 15 is 0 Å². The molecule has 6 heteroatoms. The molecule has 6 nitrogen and oxygen atoms in total. The van der Waals surface area contributed by atoms with Crippen molar-refractivity contribution in [2.75, 3.05) is 18.4 Å². The summed E-state index contributed by atoms with van der Waals surface area (Å²) in [4.78, 5) is 19.0. The molecule has 0 atom stereocenters. The molecule has 1 aromatic carbocycles. The summed E-state index contributed by atoms with van der Waals surface area (Å²) in [6.07, 6.45) is 6.50. The van der Waals surface area contributed by atoms with Gasteiger partial charge in [0, 0.05) is 31.5 Å². The zero-order valence-electron chi connectivity index (χ0n) is 15.5. The number of hydrogen-bond donors (Lipinski definition) is 1. The fraction of sp³-hybridized carbons (Fsp3) is 0.550. The van der Waals surface area contributed by atoms with E-state index in [0.29, 0.717) is 24.6 Å². The molecule has 0 saturated carbocycles. The third-order valence-corrected chi connectivity index (χ3v) is 4.62. The minimum Gasteiger partial charge on any atom is -0.339 e. The molecule has 0 spiro atoms. The zero-order valence-corrected chi connectivity index (χ0v) is 15.5. The highest BCUT2D eigenvalue weighted by molar-refractivity contribution is 5.90. The van der Waals surface area contributed by atoms with Gasteiger partial charge in [-0.1, -0.05) is 30.6 Å². The third-order valence-electron chi connectivity index (χ3n) is 4.62. The molecule has 26 heavy (non-hydrogen) atoms. The SMILES string of the molecule is CCCc1noc(CCC(=O)Nc2cccc(CN3CCCCC3)c2)n1. The Bertz CT molecular complexity index is 707. The molecule has 0 aliphatic carbocycles. The quantitative estimate of drug-likeness (QED) is 0.783. The number of rotatable bonds is 8. The number of aryl methyl sites for hydroxylation is 2. The number of anilines is 1. The van der Waals surface area contributed by atoms with Crippen LogP contribution in [0, 0.1) is 0 Å². The standard InChI is InChI=1S/C20H28N4O2/c1-2-7-18-22-20(26-23-18)11-10-19(25)21-17-9-6-8-16(14-17)15-24-12-4-3-5-13-24/h6,8-9,14H,2-5,7,10-13,15H2,1H3,(H,21,25). The molecule has 1 fully saturated rings. The molecule has 1 amide bonds. The average molecular weight is 356 g/mol. The lowest BCUT2D eigenvalue weighted by atomic mass is 10.1. The molecule has 3 rings (SSSR count). The second-order valence-corrected chi connectivity index (χ2v) is 6.94. The number of benzene rings is 1. The number of amides is 1. The van der Waals surface area contributed by atoms with Crippen molar-refractivity contribution in [3.05, 3.63) is 41.5 Å². The average Bonchev–Trinajstić information content (AvgIpc) is 3.09. The van der Waals surface area contributed by atoms with Gasteiger partial charge in [-0.3, -0.25) is 9.69 Å². The van der Waals surface area contributed by atoms with Crippen LogP contribution in [0.4, 0.5) is 5.69 Å². The summed E-state index contributed by atoms with van der Waals surface area (Å²) in [5.74, 6) is 1.21. The number of piperidine rings is 1. The Morgan fingerprint density at radius 3 is 2.88 bits per heavy atom. The predicted molar refractivity (Wildman–Crippen MR) is 101 cm³/mol. The smallest absolute Gasteiger partial charge is 0.227 e. The Balaban J connectivity index is 1.48. The molecule has 0 radical (unpaired) electrons. The van der Waals surface area contributed by atoms with Crippen molar-refractivity contribution in [3.8, 4) is 0 Å². The van der Waals surface area contributed by atoms with Crippen LogP contribution in [-0.4, -0.2) is 34.0 Å². The van der Waals surface area contributed by atoms with E-state index in [4.69, 9.17) is 4.52 Å². The summed E-state index contributed by atoms with van der Waals surface area (Å²) in [6, 6.07) is 8.13. The normalized spacial score (nSPS) is 15.1. The van der Waals surface area contributed by atoms with Gasteiger partial charge in [-0.2, -0.15) is 4.98 Å². The number of carbonyl (C=O) groups is 1. The van der Waals surface area contributed by atoms with Crippen LogP contribution in [0.1, 0.15) is 56.3 Å². The number of carbonyl (C=O) groups excluding carboxylic acids is 1. The maximum absolute atomic E-state index is 12.2. The van der Waals surface area contributed by atoms with Crippen molar-refractivity contribution < 1.29 is 9.32 Å². The molecule has 0 bridgehead atoms. The number of hydrogen-bond acceptors (Lipinski definition) is 5. The van der Waals surface area contributed by atoms with Crippen LogP contribution in [0.5, 0.6) is 0 Å². The molecule has 2 aromatic rings. The topological polar surface area (TPSA) is 71.3 Å². The first-order valence-corrected chi connectivity index (χ1v) is 9.65. The van der Waals surface area contributed by atoms with Crippen molar-refractivity contribution in [2.45, 2.75) is 58.4 Å². The molecular formula is C20H28N4O2. The molecule has 1 N–H and O–H groups in total. The minimum absolute atomic E-state index is 0.0321. The van der Waals surface area contributed by atoms with E-state index in [9.17, 15) is 4.79 Å². The maximum atomic E-state index is 12.2. The Hall–Kier alpha value is -2.21. The number of aromatic nitrogens is 2. The fourth-order valence-electron chi connectivity index (χ4n) is 3.28. The fourth-order valence-corrected chi connectivity index (χ4v) is 3.28. The largest absolute Gasteiger partial charge is 0.339 e. The van der Waals surface area contributed by atoms with Crippen LogP contribution in [-0.2, 0) is 24.2 Å². The van der Waals surface area contributed by atoms with Gasteiger partial charge in [0.2, 0.25) is 11.8 Å². The molecule has 1 aliphatic rings. The molecule has 1 aromatic heterocycles. The van der Waals surface area contributed by atoms with Gasteiger partial charge in [0.05, 0.1) is 0 Å². The van der Waals surface area contributed by atoms with E-state index < -0.39 is 0 Å². The van der Waals surface area contributed by atoms with Crippen LogP contribution in [0.15, 0.2) is 28.8 Å². The summed E-state index contributed by atoms with van der Waals surface area (Å²) >= 11 is 0. The Morgan fingerprint density at radius 2 is 2.08 bits per heavy atom. The molecular weight excluding hydrogens is 328 g/mol. The second kappa shape index (κ2) is 9.48. The number of nitrogens with zero attached hydrogens (tertiary/aromatic N) is 3. The first kappa shape index (κ1) is 18.6. The van der Waals surface area contributed by atoms with Crippen LogP contribution >= 0.6 is 0 Å². The Labute approximate surface area is 155 Å². The van der Waals surface area contributed by atoms with Crippen molar-refractivity contribution in [1.82, 2.24) is 15.0 Å². The van der Waals surface area contributed by atoms with Gasteiger partial charge < -0.3 is 9.84 Å². The van der Waals surface area contributed by atoms with E-state index in [1.165, 1.54) is 37.9 Å². The van der Waals surface area contributed by atoms with Gasteiger partial charge in [0.15, 0.2) is 5.82 Å². The summed E-state index contributed by atoms with van der Waals surface area (Å²) in [6.45, 7) is 5.36. The highest BCUT2D eigenvalue weighted by Gasteiger charge is 2.12. The van der Waals surface area contributed by atoms with E-state index in [1.54, 1.807) is 0 Å². The highest BCUT2D eigenvalue weighted by atomic mass is 16.5. The van der Waals surface area contributed by atoms with Crippen molar-refractivity contribution >= 4 is 11.6 Å². The lowest BCUT2D eigenvalue weighted by Crippen LogP contribution is -2.29. The van der Waals surface area contributed by atoms with Crippen LogP contribution in [0.25, 0.3) is 0 Å². The van der Waals surface area contributed by atoms with Gasteiger partial charge in [-0.15, -0.1) is 0 Å². The zero-order chi connectivity index (χ0) is 18.2. The monoisotopic (exact) mass is 356 g/mol. The van der Waals surface area contributed by atoms with Crippen LogP contribution in [0.2, 0.25) is 0 Å². The molecule has 140 valence electrons. The molecule has 0 unspecified atom stereocenters. The number of nitrogens with one attached hydrogen (secondary N) is 1. The second-order valence-electron chi connectivity index (χ2n) is 6.94. The number of likely N-dealkylation sites (tertiary alicyclic amines) is 1. The highest BCUT2D eigenvalue weighted by Crippen LogP contribution is 2.16. The third kappa shape index (κ3) is 5.66. The van der Waals surface area contributed by atoms with Gasteiger partial charge in [-0.25, -0.2) is 0 Å². The van der Waals surface area contributed by atoms with E-state index in [0.717, 1.165) is 25.1 Å². The van der Waals surface area contributed by atoms with Crippen molar-refractivity contribution in [3.63, 3.8) is 0 Å². The van der Waals surface area contributed by atoms with E-state index in [-0.39, 0.29) is 5.91 Å².